The summed E-state index contributed by atoms with van der Waals surface area (Å²) in [5.74, 6) is 0.749. The van der Waals surface area contributed by atoms with Crippen molar-refractivity contribution in [2.45, 2.75) is 18.6 Å². The summed E-state index contributed by atoms with van der Waals surface area (Å²) >= 11 is 1.56. The average molecular weight is 384 g/mol. The van der Waals surface area contributed by atoms with Crippen molar-refractivity contribution in [1.82, 2.24) is 20.1 Å². The number of nitrogens with zero attached hydrogens (tertiary/aromatic N) is 3. The first-order valence-electron chi connectivity index (χ1n) is 8.67. The molecule has 0 spiro atoms. The van der Waals surface area contributed by atoms with Gasteiger partial charge in [0, 0.05) is 23.6 Å². The third kappa shape index (κ3) is 3.92. The van der Waals surface area contributed by atoms with E-state index in [2.05, 4.69) is 15.4 Å². The monoisotopic (exact) mass is 384 g/mol. The maximum Gasteiger partial charge on any atom is 0.267 e. The molecule has 0 saturated carbocycles. The Hall–Kier alpha value is -2.55. The number of benzene rings is 1. The van der Waals surface area contributed by atoms with Gasteiger partial charge in [0.05, 0.1) is 49.3 Å². The van der Waals surface area contributed by atoms with Crippen LogP contribution in [0.15, 0.2) is 52.1 Å². The van der Waals surface area contributed by atoms with Crippen LogP contribution in [-0.4, -0.2) is 41.1 Å². The molecule has 1 aliphatic rings. The highest BCUT2D eigenvalue weighted by Gasteiger charge is 2.31. The molecule has 0 aliphatic carbocycles. The van der Waals surface area contributed by atoms with Gasteiger partial charge >= 0.3 is 0 Å². The zero-order chi connectivity index (χ0) is 18.6. The van der Waals surface area contributed by atoms with Crippen molar-refractivity contribution < 1.29 is 9.47 Å². The summed E-state index contributed by atoms with van der Waals surface area (Å²) in [4.78, 5) is 16.8. The summed E-state index contributed by atoms with van der Waals surface area (Å²) in [6.07, 6.45) is 0. The van der Waals surface area contributed by atoms with E-state index in [0.29, 0.717) is 19.8 Å². The molecule has 1 fully saturated rings. The molecule has 7 nitrogen and oxygen atoms in total. The number of nitrogens with one attached hydrogen (secondary N) is 1. The van der Waals surface area contributed by atoms with Crippen LogP contribution in [0.5, 0.6) is 5.75 Å². The molecule has 1 N–H and O–H groups in total. The van der Waals surface area contributed by atoms with Crippen LogP contribution >= 0.6 is 11.3 Å². The van der Waals surface area contributed by atoms with Crippen LogP contribution in [-0.2, 0) is 11.3 Å². The first-order chi connectivity index (χ1) is 13.2. The molecule has 1 aromatic carbocycles. The van der Waals surface area contributed by atoms with Gasteiger partial charge in [-0.15, -0.1) is 11.3 Å². The lowest BCUT2D eigenvalue weighted by atomic mass is 10.1. The molecule has 8 heteroatoms. The zero-order valence-corrected chi connectivity index (χ0v) is 15.7. The maximum absolute atomic E-state index is 12.5. The Kier molecular flexibility index (Phi) is 5.28. The Bertz CT molecular complexity index is 958. The Labute approximate surface area is 160 Å². The van der Waals surface area contributed by atoms with Crippen LogP contribution in [0, 0.1) is 0 Å². The first kappa shape index (κ1) is 17.8. The summed E-state index contributed by atoms with van der Waals surface area (Å²) in [5.41, 5.74) is 4.27. The van der Waals surface area contributed by atoms with Crippen LogP contribution in [0.2, 0.25) is 0 Å². The molecule has 0 radical (unpaired) electrons. The number of hydrogen-bond donors (Lipinski definition) is 1. The molecular weight excluding hydrogens is 364 g/mol. The van der Waals surface area contributed by atoms with Gasteiger partial charge in [0.1, 0.15) is 5.75 Å². The Morgan fingerprint density at radius 1 is 1.33 bits per heavy atom. The summed E-state index contributed by atoms with van der Waals surface area (Å²) in [5, 5.41) is 10.1. The van der Waals surface area contributed by atoms with E-state index >= 15 is 0 Å². The minimum absolute atomic E-state index is 0.00235. The Morgan fingerprint density at radius 3 is 3.07 bits per heavy atom. The lowest BCUT2D eigenvalue weighted by Crippen LogP contribution is -2.41. The minimum atomic E-state index is -0.165. The predicted octanol–water partition coefficient (Wildman–Crippen LogP) is 2.11. The van der Waals surface area contributed by atoms with Gasteiger partial charge in [-0.1, -0.05) is 12.1 Å². The third-order valence-electron chi connectivity index (χ3n) is 4.58. The van der Waals surface area contributed by atoms with Crippen LogP contribution in [0.3, 0.4) is 0 Å². The van der Waals surface area contributed by atoms with Crippen molar-refractivity contribution in [3.63, 3.8) is 0 Å². The van der Waals surface area contributed by atoms with Crippen molar-refractivity contribution in [1.29, 1.82) is 0 Å². The molecule has 140 valence electrons. The van der Waals surface area contributed by atoms with E-state index < -0.39 is 0 Å². The molecule has 2 atom stereocenters. The molecular formula is C19H20N4O3S. The number of methoxy groups -OCH3 is 1. The van der Waals surface area contributed by atoms with E-state index in [0.717, 1.165) is 22.7 Å². The molecule has 27 heavy (non-hydrogen) atoms. The molecule has 3 aromatic rings. The molecule has 0 bridgehead atoms. The Morgan fingerprint density at radius 2 is 2.26 bits per heavy atom. The number of rotatable bonds is 6. The number of aromatic nitrogens is 3. The number of thiazole rings is 1. The molecule has 3 heterocycles. The molecule has 4 rings (SSSR count). The molecule has 1 saturated heterocycles. The lowest BCUT2D eigenvalue weighted by Gasteiger charge is -2.20. The first-order valence-corrected chi connectivity index (χ1v) is 9.61. The number of hydrogen-bond acceptors (Lipinski definition) is 7. The summed E-state index contributed by atoms with van der Waals surface area (Å²) in [6, 6.07) is 10.8. The average Bonchev–Trinajstić information content (AvgIpc) is 3.38. The highest BCUT2D eigenvalue weighted by molar-refractivity contribution is 7.07. The number of ether oxygens (including phenoxy) is 2. The fourth-order valence-corrected chi connectivity index (χ4v) is 3.70. The van der Waals surface area contributed by atoms with Gasteiger partial charge in [0.15, 0.2) is 0 Å². The summed E-state index contributed by atoms with van der Waals surface area (Å²) in [6.45, 7) is 1.62. The van der Waals surface area contributed by atoms with Crippen molar-refractivity contribution in [3.8, 4) is 17.0 Å². The van der Waals surface area contributed by atoms with Crippen molar-refractivity contribution in [2.75, 3.05) is 20.3 Å². The minimum Gasteiger partial charge on any atom is -0.497 e. The van der Waals surface area contributed by atoms with Crippen LogP contribution < -0.4 is 15.6 Å². The van der Waals surface area contributed by atoms with Gasteiger partial charge in [0.2, 0.25) is 0 Å². The van der Waals surface area contributed by atoms with Crippen LogP contribution in [0.25, 0.3) is 11.3 Å². The zero-order valence-electron chi connectivity index (χ0n) is 14.9. The fraction of sp³-hybridized carbons (Fsp3) is 0.316. The second-order valence-corrected chi connectivity index (χ2v) is 7.02. The second kappa shape index (κ2) is 7.99. The quantitative estimate of drug-likeness (QED) is 0.701. The maximum atomic E-state index is 12.5. The highest BCUT2D eigenvalue weighted by Crippen LogP contribution is 2.23. The lowest BCUT2D eigenvalue weighted by molar-refractivity contribution is 0.181. The van der Waals surface area contributed by atoms with Crippen molar-refractivity contribution in [3.05, 3.63) is 63.3 Å². The SMILES string of the molecule is COc1cccc(-c2ccc(=O)n(C3COCC3NCc3cscn3)n2)c1. The van der Waals surface area contributed by atoms with Gasteiger partial charge in [-0.25, -0.2) is 9.67 Å². The Balaban J connectivity index is 1.59. The van der Waals surface area contributed by atoms with Gasteiger partial charge in [-0.2, -0.15) is 5.10 Å². The molecule has 0 amide bonds. The van der Waals surface area contributed by atoms with Gasteiger partial charge < -0.3 is 14.8 Å². The van der Waals surface area contributed by atoms with E-state index in [-0.39, 0.29) is 17.6 Å². The smallest absolute Gasteiger partial charge is 0.267 e. The van der Waals surface area contributed by atoms with Gasteiger partial charge in [-0.3, -0.25) is 4.79 Å². The van der Waals surface area contributed by atoms with Crippen molar-refractivity contribution in [2.24, 2.45) is 0 Å². The van der Waals surface area contributed by atoms with E-state index in [1.807, 2.05) is 35.2 Å². The van der Waals surface area contributed by atoms with E-state index in [1.54, 1.807) is 30.6 Å². The third-order valence-corrected chi connectivity index (χ3v) is 5.22. The molecule has 2 unspecified atom stereocenters. The fourth-order valence-electron chi connectivity index (χ4n) is 3.14. The van der Waals surface area contributed by atoms with Crippen molar-refractivity contribution >= 4 is 11.3 Å². The van der Waals surface area contributed by atoms with E-state index in [4.69, 9.17) is 9.47 Å². The standard InChI is InChI=1S/C19H20N4O3S/c1-25-15-4-2-3-13(7-15)16-5-6-19(24)23(22-16)18-10-26-9-17(18)20-8-14-11-27-12-21-14/h2-7,11-12,17-18,20H,8-10H2,1H3. The normalized spacial score (nSPS) is 19.3. The largest absolute Gasteiger partial charge is 0.497 e. The van der Waals surface area contributed by atoms with Gasteiger partial charge in [-0.05, 0) is 18.2 Å². The van der Waals surface area contributed by atoms with Crippen LogP contribution in [0.1, 0.15) is 11.7 Å². The summed E-state index contributed by atoms with van der Waals surface area (Å²) < 4.78 is 12.4. The predicted molar refractivity (Wildman–Crippen MR) is 103 cm³/mol. The van der Waals surface area contributed by atoms with Gasteiger partial charge in [0.25, 0.3) is 5.56 Å². The van der Waals surface area contributed by atoms with Crippen LogP contribution in [0.4, 0.5) is 0 Å². The highest BCUT2D eigenvalue weighted by atomic mass is 32.1. The van der Waals surface area contributed by atoms with E-state index in [9.17, 15) is 4.79 Å². The molecule has 2 aromatic heterocycles. The molecule has 1 aliphatic heterocycles. The van der Waals surface area contributed by atoms with E-state index in [1.165, 1.54) is 4.68 Å². The topological polar surface area (TPSA) is 78.3 Å². The second-order valence-electron chi connectivity index (χ2n) is 6.31. The summed E-state index contributed by atoms with van der Waals surface area (Å²) in [7, 11) is 1.63.